The van der Waals surface area contributed by atoms with Crippen LogP contribution in [-0.2, 0) is 6.54 Å². The number of hydrogen-bond acceptors (Lipinski definition) is 3. The summed E-state index contributed by atoms with van der Waals surface area (Å²) in [5.74, 6) is 2.46. The van der Waals surface area contributed by atoms with Crippen LogP contribution in [0, 0.1) is 12.8 Å². The molecule has 0 aliphatic carbocycles. The summed E-state index contributed by atoms with van der Waals surface area (Å²) in [5.41, 5.74) is 2.06. The molecule has 1 aromatic heterocycles. The molecule has 104 valence electrons. The van der Waals surface area contributed by atoms with E-state index in [2.05, 4.69) is 42.0 Å². The van der Waals surface area contributed by atoms with E-state index in [1.54, 1.807) is 7.11 Å². The van der Waals surface area contributed by atoms with Crippen LogP contribution in [0.2, 0.25) is 0 Å². The van der Waals surface area contributed by atoms with Gasteiger partial charge in [0.05, 0.1) is 18.1 Å². The molecule has 19 heavy (non-hydrogen) atoms. The van der Waals surface area contributed by atoms with Gasteiger partial charge in [0, 0.05) is 5.39 Å². The molecule has 0 aliphatic rings. The van der Waals surface area contributed by atoms with E-state index in [1.165, 1.54) is 5.56 Å². The van der Waals surface area contributed by atoms with Crippen molar-refractivity contribution in [1.82, 2.24) is 5.32 Å². The van der Waals surface area contributed by atoms with Crippen molar-refractivity contribution in [2.75, 3.05) is 13.7 Å². The van der Waals surface area contributed by atoms with Gasteiger partial charge in [-0.1, -0.05) is 13.8 Å². The SMILES string of the molecule is COc1cc(Br)c2oc(CNCC(C)C)c(C)c2c1. The molecule has 1 heterocycles. The standard InChI is InChI=1S/C15H20BrNO2/c1-9(2)7-17-8-14-10(3)12-5-11(18-4)6-13(16)15(12)19-14/h5-6,9,17H,7-8H2,1-4H3. The van der Waals surface area contributed by atoms with E-state index < -0.39 is 0 Å². The third kappa shape index (κ3) is 3.12. The monoisotopic (exact) mass is 325 g/mol. The molecule has 2 aromatic rings. The molecule has 0 atom stereocenters. The maximum Gasteiger partial charge on any atom is 0.149 e. The van der Waals surface area contributed by atoms with Crippen molar-refractivity contribution in [3.05, 3.63) is 27.9 Å². The van der Waals surface area contributed by atoms with E-state index in [0.29, 0.717) is 5.92 Å². The average Bonchev–Trinajstić information content (AvgIpc) is 2.67. The smallest absolute Gasteiger partial charge is 0.149 e. The third-order valence-corrected chi connectivity index (χ3v) is 3.73. The molecule has 1 aromatic carbocycles. The maximum atomic E-state index is 5.95. The lowest BCUT2D eigenvalue weighted by Crippen LogP contribution is -2.18. The lowest BCUT2D eigenvalue weighted by atomic mass is 10.1. The number of benzene rings is 1. The molecule has 0 radical (unpaired) electrons. The van der Waals surface area contributed by atoms with Gasteiger partial charge in [-0.05, 0) is 53.0 Å². The number of ether oxygens (including phenoxy) is 1. The Morgan fingerprint density at radius 2 is 2.11 bits per heavy atom. The molecule has 0 unspecified atom stereocenters. The zero-order chi connectivity index (χ0) is 14.0. The molecule has 1 N–H and O–H groups in total. The lowest BCUT2D eigenvalue weighted by molar-refractivity contribution is 0.415. The normalized spacial score (nSPS) is 11.5. The van der Waals surface area contributed by atoms with E-state index in [4.69, 9.17) is 9.15 Å². The Labute approximate surface area is 122 Å². The van der Waals surface area contributed by atoms with Crippen LogP contribution in [0.1, 0.15) is 25.2 Å². The second-order valence-electron chi connectivity index (χ2n) is 5.16. The molecular weight excluding hydrogens is 306 g/mol. The van der Waals surface area contributed by atoms with Crippen LogP contribution in [0.5, 0.6) is 5.75 Å². The Bertz CT molecular complexity index is 575. The first-order valence-electron chi connectivity index (χ1n) is 6.49. The summed E-state index contributed by atoms with van der Waals surface area (Å²) in [5, 5.41) is 4.51. The molecule has 0 spiro atoms. The van der Waals surface area contributed by atoms with Gasteiger partial charge >= 0.3 is 0 Å². The minimum absolute atomic E-state index is 0.636. The molecule has 0 saturated heterocycles. The van der Waals surface area contributed by atoms with Crippen LogP contribution in [-0.4, -0.2) is 13.7 Å². The van der Waals surface area contributed by atoms with Crippen molar-refractivity contribution in [3.8, 4) is 5.75 Å². The Hall–Kier alpha value is -1.00. The summed E-state index contributed by atoms with van der Waals surface area (Å²) >= 11 is 3.53. The third-order valence-electron chi connectivity index (χ3n) is 3.14. The van der Waals surface area contributed by atoms with Crippen molar-refractivity contribution in [2.24, 2.45) is 5.92 Å². The Morgan fingerprint density at radius 3 is 2.74 bits per heavy atom. The van der Waals surface area contributed by atoms with Crippen molar-refractivity contribution in [2.45, 2.75) is 27.3 Å². The van der Waals surface area contributed by atoms with E-state index >= 15 is 0 Å². The fourth-order valence-corrected chi connectivity index (χ4v) is 2.58. The van der Waals surface area contributed by atoms with E-state index in [1.807, 2.05) is 12.1 Å². The van der Waals surface area contributed by atoms with E-state index in [9.17, 15) is 0 Å². The number of halogens is 1. The van der Waals surface area contributed by atoms with Crippen LogP contribution < -0.4 is 10.1 Å². The second-order valence-corrected chi connectivity index (χ2v) is 6.02. The zero-order valence-electron chi connectivity index (χ0n) is 11.8. The van der Waals surface area contributed by atoms with Gasteiger partial charge in [-0.15, -0.1) is 0 Å². The van der Waals surface area contributed by atoms with Crippen LogP contribution in [0.15, 0.2) is 21.0 Å². The first-order chi connectivity index (χ1) is 9.02. The van der Waals surface area contributed by atoms with Gasteiger partial charge in [-0.25, -0.2) is 0 Å². The summed E-state index contributed by atoms with van der Waals surface area (Å²) in [7, 11) is 1.67. The first-order valence-corrected chi connectivity index (χ1v) is 7.28. The minimum Gasteiger partial charge on any atom is -0.497 e. The first kappa shape index (κ1) is 14.4. The van der Waals surface area contributed by atoms with Crippen molar-refractivity contribution in [3.63, 3.8) is 0 Å². The Balaban J connectivity index is 2.31. The molecule has 2 rings (SSSR count). The number of furan rings is 1. The highest BCUT2D eigenvalue weighted by Crippen LogP contribution is 2.34. The number of fused-ring (bicyclic) bond motifs is 1. The maximum absolute atomic E-state index is 5.95. The minimum atomic E-state index is 0.636. The van der Waals surface area contributed by atoms with Crippen LogP contribution in [0.4, 0.5) is 0 Å². The summed E-state index contributed by atoms with van der Waals surface area (Å²) in [6.07, 6.45) is 0. The molecule has 0 aliphatic heterocycles. The molecule has 0 amide bonds. The van der Waals surface area contributed by atoms with Gasteiger partial charge in [0.25, 0.3) is 0 Å². The van der Waals surface area contributed by atoms with Crippen LogP contribution >= 0.6 is 15.9 Å². The van der Waals surface area contributed by atoms with Gasteiger partial charge in [0.1, 0.15) is 17.1 Å². The number of aryl methyl sites for hydroxylation is 1. The summed E-state index contributed by atoms with van der Waals surface area (Å²) in [4.78, 5) is 0. The molecule has 0 fully saturated rings. The molecule has 0 saturated carbocycles. The fraction of sp³-hybridized carbons (Fsp3) is 0.467. The summed E-state index contributed by atoms with van der Waals surface area (Å²) in [6.45, 7) is 8.22. The highest BCUT2D eigenvalue weighted by atomic mass is 79.9. The largest absolute Gasteiger partial charge is 0.497 e. The van der Waals surface area contributed by atoms with E-state index in [0.717, 1.165) is 40.0 Å². The fourth-order valence-electron chi connectivity index (χ4n) is 2.06. The van der Waals surface area contributed by atoms with Gasteiger partial charge in [-0.2, -0.15) is 0 Å². The molecular formula is C15H20BrNO2. The van der Waals surface area contributed by atoms with Crippen molar-refractivity contribution < 1.29 is 9.15 Å². The van der Waals surface area contributed by atoms with Gasteiger partial charge < -0.3 is 14.5 Å². The van der Waals surface area contributed by atoms with Gasteiger partial charge in [0.2, 0.25) is 0 Å². The van der Waals surface area contributed by atoms with Gasteiger partial charge in [-0.3, -0.25) is 0 Å². The number of rotatable bonds is 5. The molecule has 0 bridgehead atoms. The van der Waals surface area contributed by atoms with Gasteiger partial charge in [0.15, 0.2) is 0 Å². The topological polar surface area (TPSA) is 34.4 Å². The number of hydrogen-bond donors (Lipinski definition) is 1. The van der Waals surface area contributed by atoms with Crippen LogP contribution in [0.25, 0.3) is 11.0 Å². The van der Waals surface area contributed by atoms with Crippen molar-refractivity contribution >= 4 is 26.9 Å². The highest BCUT2D eigenvalue weighted by molar-refractivity contribution is 9.10. The number of nitrogens with one attached hydrogen (secondary N) is 1. The Morgan fingerprint density at radius 1 is 1.37 bits per heavy atom. The molecule has 4 heteroatoms. The highest BCUT2D eigenvalue weighted by Gasteiger charge is 2.14. The predicted octanol–water partition coefficient (Wildman–Crippen LogP) is 4.26. The second kappa shape index (κ2) is 5.97. The quantitative estimate of drug-likeness (QED) is 0.891. The Kier molecular flexibility index (Phi) is 4.53. The summed E-state index contributed by atoms with van der Waals surface area (Å²) < 4.78 is 12.2. The average molecular weight is 326 g/mol. The molecule has 3 nitrogen and oxygen atoms in total. The lowest BCUT2D eigenvalue weighted by Gasteiger charge is -2.05. The predicted molar refractivity (Wildman–Crippen MR) is 81.7 cm³/mol. The van der Waals surface area contributed by atoms with Crippen molar-refractivity contribution in [1.29, 1.82) is 0 Å². The van der Waals surface area contributed by atoms with E-state index in [-0.39, 0.29) is 0 Å². The number of methoxy groups -OCH3 is 1. The zero-order valence-corrected chi connectivity index (χ0v) is 13.4. The van der Waals surface area contributed by atoms with Crippen LogP contribution in [0.3, 0.4) is 0 Å². The summed E-state index contributed by atoms with van der Waals surface area (Å²) in [6, 6.07) is 3.95.